The van der Waals surface area contributed by atoms with Crippen molar-refractivity contribution in [3.63, 3.8) is 0 Å². The molecule has 0 unspecified atom stereocenters. The van der Waals surface area contributed by atoms with Crippen LogP contribution in [-0.2, 0) is 13.0 Å². The van der Waals surface area contributed by atoms with Crippen molar-refractivity contribution < 1.29 is 0 Å². The van der Waals surface area contributed by atoms with Gasteiger partial charge < -0.3 is 10.3 Å². The van der Waals surface area contributed by atoms with Gasteiger partial charge in [-0.1, -0.05) is 41.6 Å². The average molecular weight is 294 g/mol. The van der Waals surface area contributed by atoms with Crippen molar-refractivity contribution in [2.75, 3.05) is 6.54 Å². The summed E-state index contributed by atoms with van der Waals surface area (Å²) in [6, 6.07) is 15.4. The van der Waals surface area contributed by atoms with Gasteiger partial charge in [0.1, 0.15) is 0 Å². The molecule has 0 fully saturated rings. The van der Waals surface area contributed by atoms with E-state index in [1.807, 2.05) is 11.8 Å². The number of nitrogens with one attached hydrogen (secondary N) is 2. The fourth-order valence-electron chi connectivity index (χ4n) is 2.96. The Kier molecular flexibility index (Phi) is 3.24. The minimum atomic E-state index is 0.980. The van der Waals surface area contributed by atoms with Crippen molar-refractivity contribution in [3.05, 3.63) is 59.3 Å². The van der Waals surface area contributed by atoms with Gasteiger partial charge in [0.25, 0.3) is 0 Å². The normalized spacial score (nSPS) is 14.3. The number of aryl methyl sites for hydroxylation is 1. The van der Waals surface area contributed by atoms with Crippen LogP contribution in [0.25, 0.3) is 10.9 Å². The molecule has 1 aliphatic heterocycles. The molecule has 0 aliphatic carbocycles. The van der Waals surface area contributed by atoms with Crippen LogP contribution in [0.4, 0.5) is 0 Å². The Bertz CT molecular complexity index is 787. The molecule has 2 nitrogen and oxygen atoms in total. The molecular weight excluding hydrogens is 276 g/mol. The minimum Gasteiger partial charge on any atom is -0.357 e. The Morgan fingerprint density at radius 1 is 1.05 bits per heavy atom. The molecule has 2 N–H and O–H groups in total. The topological polar surface area (TPSA) is 27.8 Å². The quantitative estimate of drug-likeness (QED) is 0.738. The molecule has 1 aromatic heterocycles. The van der Waals surface area contributed by atoms with Crippen molar-refractivity contribution in [2.45, 2.75) is 29.7 Å². The first-order valence-electron chi connectivity index (χ1n) is 7.39. The van der Waals surface area contributed by atoms with Crippen LogP contribution < -0.4 is 5.32 Å². The Hall–Kier alpha value is -1.71. The zero-order chi connectivity index (χ0) is 14.2. The summed E-state index contributed by atoms with van der Waals surface area (Å²) < 4.78 is 0. The van der Waals surface area contributed by atoms with Gasteiger partial charge in [0.05, 0.1) is 5.52 Å². The van der Waals surface area contributed by atoms with E-state index in [1.165, 1.54) is 37.5 Å². The van der Waals surface area contributed by atoms with E-state index in [0.29, 0.717) is 0 Å². The van der Waals surface area contributed by atoms with Crippen LogP contribution in [0.2, 0.25) is 0 Å². The molecule has 2 aromatic carbocycles. The lowest BCUT2D eigenvalue weighted by atomic mass is 10.1. The molecule has 0 bridgehead atoms. The number of H-pyrrole nitrogens is 1. The van der Waals surface area contributed by atoms with Crippen LogP contribution in [0.1, 0.15) is 16.8 Å². The number of para-hydroxylation sites is 1. The fourth-order valence-corrected chi connectivity index (χ4v) is 3.90. The maximum absolute atomic E-state index is 3.66. The smallest absolute Gasteiger partial charge is 0.0601 e. The number of aromatic nitrogens is 1. The van der Waals surface area contributed by atoms with Crippen molar-refractivity contribution in [2.24, 2.45) is 0 Å². The molecule has 21 heavy (non-hydrogen) atoms. The highest BCUT2D eigenvalue weighted by Crippen LogP contribution is 2.36. The monoisotopic (exact) mass is 294 g/mol. The van der Waals surface area contributed by atoms with Gasteiger partial charge in [-0.3, -0.25) is 0 Å². The maximum Gasteiger partial charge on any atom is 0.0601 e. The third-order valence-electron chi connectivity index (χ3n) is 4.09. The van der Waals surface area contributed by atoms with Crippen LogP contribution in [-0.4, -0.2) is 11.5 Å². The van der Waals surface area contributed by atoms with Gasteiger partial charge in [-0.2, -0.15) is 0 Å². The van der Waals surface area contributed by atoms with E-state index < -0.39 is 0 Å². The molecule has 0 spiro atoms. The van der Waals surface area contributed by atoms with Gasteiger partial charge >= 0.3 is 0 Å². The lowest BCUT2D eigenvalue weighted by Crippen LogP contribution is -2.22. The number of hydrogen-bond acceptors (Lipinski definition) is 2. The van der Waals surface area contributed by atoms with Crippen LogP contribution in [0.15, 0.2) is 52.3 Å². The third kappa shape index (κ3) is 2.37. The summed E-state index contributed by atoms with van der Waals surface area (Å²) in [5, 5.41) is 4.84. The van der Waals surface area contributed by atoms with Crippen molar-refractivity contribution in [1.29, 1.82) is 0 Å². The maximum atomic E-state index is 3.66. The Balaban J connectivity index is 1.78. The lowest BCUT2D eigenvalue weighted by molar-refractivity contribution is 0.641. The second-order valence-corrected chi connectivity index (χ2v) is 6.72. The van der Waals surface area contributed by atoms with Gasteiger partial charge in [-0.05, 0) is 30.7 Å². The van der Waals surface area contributed by atoms with Crippen LogP contribution in [0, 0.1) is 6.92 Å². The van der Waals surface area contributed by atoms with Gasteiger partial charge in [-0.25, -0.2) is 0 Å². The highest BCUT2D eigenvalue weighted by molar-refractivity contribution is 7.99. The first kappa shape index (κ1) is 13.0. The highest BCUT2D eigenvalue weighted by atomic mass is 32.2. The minimum absolute atomic E-state index is 0.980. The predicted molar refractivity (Wildman–Crippen MR) is 89.0 cm³/mol. The summed E-state index contributed by atoms with van der Waals surface area (Å²) in [6.45, 7) is 4.18. The van der Waals surface area contributed by atoms with Gasteiger partial charge in [0, 0.05) is 40.4 Å². The van der Waals surface area contributed by atoms with Crippen LogP contribution in [0.5, 0.6) is 0 Å². The molecule has 0 saturated carbocycles. The summed E-state index contributed by atoms with van der Waals surface area (Å²) >= 11 is 1.84. The molecule has 3 heteroatoms. The first-order chi connectivity index (χ1) is 10.3. The Morgan fingerprint density at radius 2 is 1.90 bits per heavy atom. The van der Waals surface area contributed by atoms with E-state index in [9.17, 15) is 0 Å². The molecule has 0 atom stereocenters. The summed E-state index contributed by atoms with van der Waals surface area (Å²) in [7, 11) is 0. The number of fused-ring (bicyclic) bond motifs is 3. The number of hydrogen-bond donors (Lipinski definition) is 2. The zero-order valence-electron chi connectivity index (χ0n) is 12.1. The molecule has 0 radical (unpaired) electrons. The van der Waals surface area contributed by atoms with Gasteiger partial charge in [0.15, 0.2) is 0 Å². The second kappa shape index (κ2) is 5.24. The van der Waals surface area contributed by atoms with Crippen LogP contribution >= 0.6 is 11.8 Å². The molecule has 2 heterocycles. The largest absolute Gasteiger partial charge is 0.357 e. The fraction of sp³-hybridized carbons (Fsp3) is 0.222. The van der Waals surface area contributed by atoms with Crippen molar-refractivity contribution in [1.82, 2.24) is 10.3 Å². The average Bonchev–Trinajstić information content (AvgIpc) is 2.89. The van der Waals surface area contributed by atoms with E-state index in [-0.39, 0.29) is 0 Å². The van der Waals surface area contributed by atoms with Crippen LogP contribution in [0.3, 0.4) is 0 Å². The molecule has 106 valence electrons. The first-order valence-corrected chi connectivity index (χ1v) is 8.20. The van der Waals surface area contributed by atoms with Crippen molar-refractivity contribution in [3.8, 4) is 0 Å². The SMILES string of the molecule is Cc1ccc(Sc2cccc3c4c([nH]c23)CCNC4)cc1. The third-order valence-corrected chi connectivity index (χ3v) is 5.16. The lowest BCUT2D eigenvalue weighted by Gasteiger charge is -2.12. The van der Waals surface area contributed by atoms with Crippen molar-refractivity contribution >= 4 is 22.7 Å². The standard InChI is InChI=1S/C18H18N2S/c1-12-5-7-13(8-6-12)21-17-4-2-3-14-15-11-19-10-9-16(15)20-18(14)17/h2-8,19-20H,9-11H2,1H3. The Morgan fingerprint density at radius 3 is 2.76 bits per heavy atom. The number of benzene rings is 2. The van der Waals surface area contributed by atoms with E-state index in [1.54, 1.807) is 0 Å². The van der Waals surface area contributed by atoms with E-state index in [2.05, 4.69) is 59.7 Å². The van der Waals surface area contributed by atoms with Gasteiger partial charge in [-0.15, -0.1) is 0 Å². The van der Waals surface area contributed by atoms with E-state index in [0.717, 1.165) is 19.5 Å². The van der Waals surface area contributed by atoms with E-state index in [4.69, 9.17) is 0 Å². The highest BCUT2D eigenvalue weighted by Gasteiger charge is 2.16. The second-order valence-electron chi connectivity index (χ2n) is 5.60. The zero-order valence-corrected chi connectivity index (χ0v) is 12.9. The number of rotatable bonds is 2. The van der Waals surface area contributed by atoms with E-state index >= 15 is 0 Å². The summed E-state index contributed by atoms with van der Waals surface area (Å²) in [5.41, 5.74) is 5.44. The molecule has 0 saturated heterocycles. The summed E-state index contributed by atoms with van der Waals surface area (Å²) in [6.07, 6.45) is 1.10. The summed E-state index contributed by atoms with van der Waals surface area (Å²) in [4.78, 5) is 6.26. The summed E-state index contributed by atoms with van der Waals surface area (Å²) in [5.74, 6) is 0. The molecule has 0 amide bonds. The number of aromatic amines is 1. The predicted octanol–water partition coefficient (Wildman–Crippen LogP) is 4.27. The molecule has 1 aliphatic rings. The molecular formula is C18H18N2S. The molecule has 4 rings (SSSR count). The molecule has 3 aromatic rings. The Labute approximate surface area is 129 Å². The van der Waals surface area contributed by atoms with Gasteiger partial charge in [0.2, 0.25) is 0 Å².